The van der Waals surface area contributed by atoms with Gasteiger partial charge in [-0.1, -0.05) is 6.42 Å². The molecular formula is C18H26N6O. The molecule has 4 rings (SSSR count). The van der Waals surface area contributed by atoms with Gasteiger partial charge < -0.3 is 15.2 Å². The Hall–Kier alpha value is -2.15. The van der Waals surface area contributed by atoms with Crippen molar-refractivity contribution in [2.24, 2.45) is 7.05 Å². The van der Waals surface area contributed by atoms with E-state index in [2.05, 4.69) is 26.8 Å². The van der Waals surface area contributed by atoms with Crippen LogP contribution in [0, 0.1) is 6.92 Å². The van der Waals surface area contributed by atoms with Crippen LogP contribution in [0.4, 0.5) is 0 Å². The molecule has 1 amide bonds. The molecular weight excluding hydrogens is 316 g/mol. The molecule has 7 heteroatoms. The van der Waals surface area contributed by atoms with Crippen LogP contribution in [-0.2, 0) is 20.0 Å². The van der Waals surface area contributed by atoms with E-state index in [4.69, 9.17) is 0 Å². The molecule has 1 fully saturated rings. The number of hydrogen-bond acceptors (Lipinski definition) is 4. The number of nitrogens with one attached hydrogen (secondary N) is 2. The summed E-state index contributed by atoms with van der Waals surface area (Å²) >= 11 is 0. The fourth-order valence-corrected chi connectivity index (χ4v) is 4.02. The lowest BCUT2D eigenvalue weighted by Gasteiger charge is -2.25. The second-order valence-electron chi connectivity index (χ2n) is 7.17. The van der Waals surface area contributed by atoms with Crippen LogP contribution in [0.1, 0.15) is 59.6 Å². The summed E-state index contributed by atoms with van der Waals surface area (Å²) in [7, 11) is 1.99. The first-order valence-electron chi connectivity index (χ1n) is 9.22. The Kier molecular flexibility index (Phi) is 4.33. The average Bonchev–Trinajstić information content (AvgIpc) is 3.17. The Bertz CT molecular complexity index is 771. The topological polar surface area (TPSA) is 76.8 Å². The predicted molar refractivity (Wildman–Crippen MR) is 94.3 cm³/mol. The highest BCUT2D eigenvalue weighted by atomic mass is 16.2. The summed E-state index contributed by atoms with van der Waals surface area (Å²) in [6.07, 6.45) is 5.38. The number of amides is 1. The Morgan fingerprint density at radius 1 is 1.32 bits per heavy atom. The highest BCUT2D eigenvalue weighted by molar-refractivity contribution is 5.93. The van der Waals surface area contributed by atoms with Crippen molar-refractivity contribution in [3.05, 3.63) is 35.2 Å². The summed E-state index contributed by atoms with van der Waals surface area (Å²) in [4.78, 5) is 17.2. The number of rotatable bonds is 3. The zero-order valence-corrected chi connectivity index (χ0v) is 15.0. The normalized spacial score (nSPS) is 23.3. The van der Waals surface area contributed by atoms with E-state index >= 15 is 0 Å². The van der Waals surface area contributed by atoms with Crippen LogP contribution in [0.25, 0.3) is 0 Å². The lowest BCUT2D eigenvalue weighted by Crippen LogP contribution is -2.42. The molecule has 4 heterocycles. The summed E-state index contributed by atoms with van der Waals surface area (Å²) in [6, 6.07) is 4.48. The predicted octanol–water partition coefficient (Wildman–Crippen LogP) is 1.48. The van der Waals surface area contributed by atoms with Crippen molar-refractivity contribution in [3.8, 4) is 0 Å². The molecule has 2 N–H and O–H groups in total. The second-order valence-corrected chi connectivity index (χ2v) is 7.17. The van der Waals surface area contributed by atoms with Crippen molar-refractivity contribution >= 4 is 5.91 Å². The molecule has 0 aliphatic carbocycles. The summed E-state index contributed by atoms with van der Waals surface area (Å²) in [6.45, 7) is 3.66. The third-order valence-electron chi connectivity index (χ3n) is 5.36. The molecule has 0 radical (unpaired) electrons. The highest BCUT2D eigenvalue weighted by Crippen LogP contribution is 2.24. The second kappa shape index (κ2) is 6.63. The Morgan fingerprint density at radius 3 is 3.00 bits per heavy atom. The van der Waals surface area contributed by atoms with Gasteiger partial charge in [0.1, 0.15) is 17.3 Å². The number of piperidine rings is 1. The third-order valence-corrected chi connectivity index (χ3v) is 5.36. The lowest BCUT2D eigenvalue weighted by molar-refractivity contribution is 0.0917. The molecule has 134 valence electrons. The molecule has 2 unspecified atom stereocenters. The van der Waals surface area contributed by atoms with Crippen LogP contribution in [0.2, 0.25) is 0 Å². The van der Waals surface area contributed by atoms with Crippen LogP contribution < -0.4 is 10.6 Å². The quantitative estimate of drug-likeness (QED) is 0.886. The molecule has 0 spiro atoms. The van der Waals surface area contributed by atoms with Crippen LogP contribution in [0.15, 0.2) is 12.1 Å². The van der Waals surface area contributed by atoms with Crippen molar-refractivity contribution in [1.29, 1.82) is 0 Å². The summed E-state index contributed by atoms with van der Waals surface area (Å²) in [5, 5.41) is 11.1. The molecule has 7 nitrogen and oxygen atoms in total. The van der Waals surface area contributed by atoms with E-state index in [9.17, 15) is 4.79 Å². The van der Waals surface area contributed by atoms with Gasteiger partial charge in [0.15, 0.2) is 0 Å². The van der Waals surface area contributed by atoms with Crippen LogP contribution in [0.3, 0.4) is 0 Å². The standard InChI is InChI=1S/C18H26N6O/c1-12-20-17-9-6-13(11-24(17)22-12)21-18(25)16-8-7-15(23(16)2)14-5-3-4-10-19-14/h7-8,13-14,19H,3-6,9-11H2,1-2H3,(H,21,25). The minimum atomic E-state index is -0.00477. The smallest absolute Gasteiger partial charge is 0.268 e. The Morgan fingerprint density at radius 2 is 2.20 bits per heavy atom. The molecule has 2 atom stereocenters. The fourth-order valence-electron chi connectivity index (χ4n) is 4.02. The minimum Gasteiger partial charge on any atom is -0.346 e. The third kappa shape index (κ3) is 3.20. The minimum absolute atomic E-state index is 0.00477. The van der Waals surface area contributed by atoms with Crippen LogP contribution in [0.5, 0.6) is 0 Å². The highest BCUT2D eigenvalue weighted by Gasteiger charge is 2.25. The van der Waals surface area contributed by atoms with Gasteiger partial charge >= 0.3 is 0 Å². The molecule has 0 saturated carbocycles. The van der Waals surface area contributed by atoms with Crippen molar-refractivity contribution in [2.45, 2.75) is 57.7 Å². The van der Waals surface area contributed by atoms with E-state index in [0.717, 1.165) is 43.1 Å². The summed E-state index contributed by atoms with van der Waals surface area (Å²) in [5.41, 5.74) is 1.92. The Labute approximate surface area is 147 Å². The van der Waals surface area contributed by atoms with Gasteiger partial charge in [0.2, 0.25) is 0 Å². The molecule has 2 aromatic heterocycles. The molecule has 1 saturated heterocycles. The van der Waals surface area contributed by atoms with E-state index in [-0.39, 0.29) is 11.9 Å². The fraction of sp³-hybridized carbons (Fsp3) is 0.611. The van der Waals surface area contributed by atoms with Gasteiger partial charge in [-0.05, 0) is 44.9 Å². The zero-order chi connectivity index (χ0) is 17.4. The van der Waals surface area contributed by atoms with Gasteiger partial charge in [0.25, 0.3) is 5.91 Å². The number of carbonyl (C=O) groups excluding carboxylic acids is 1. The molecule has 0 bridgehead atoms. The van der Waals surface area contributed by atoms with E-state index in [1.165, 1.54) is 18.5 Å². The number of aryl methyl sites for hydroxylation is 2. The van der Waals surface area contributed by atoms with Crippen molar-refractivity contribution in [3.63, 3.8) is 0 Å². The van der Waals surface area contributed by atoms with Gasteiger partial charge in [-0.15, -0.1) is 0 Å². The maximum Gasteiger partial charge on any atom is 0.268 e. The van der Waals surface area contributed by atoms with Crippen molar-refractivity contribution in [2.75, 3.05) is 6.54 Å². The molecule has 25 heavy (non-hydrogen) atoms. The zero-order valence-electron chi connectivity index (χ0n) is 15.0. The lowest BCUT2D eigenvalue weighted by atomic mass is 10.0. The number of nitrogens with zero attached hydrogens (tertiary/aromatic N) is 4. The van der Waals surface area contributed by atoms with Crippen LogP contribution in [-0.4, -0.2) is 37.8 Å². The van der Waals surface area contributed by atoms with Gasteiger partial charge in [0, 0.05) is 31.2 Å². The largest absolute Gasteiger partial charge is 0.346 e. The number of fused-ring (bicyclic) bond motifs is 1. The first-order valence-corrected chi connectivity index (χ1v) is 9.22. The first-order chi connectivity index (χ1) is 12.1. The molecule has 2 aliphatic rings. The summed E-state index contributed by atoms with van der Waals surface area (Å²) in [5.74, 6) is 1.82. The first kappa shape index (κ1) is 16.3. The molecule has 2 aromatic rings. The molecule has 0 aromatic carbocycles. The average molecular weight is 342 g/mol. The maximum atomic E-state index is 12.7. The van der Waals surface area contributed by atoms with Gasteiger partial charge in [-0.25, -0.2) is 9.67 Å². The summed E-state index contributed by atoms with van der Waals surface area (Å²) < 4.78 is 3.96. The van der Waals surface area contributed by atoms with Gasteiger partial charge in [-0.3, -0.25) is 4.79 Å². The number of aromatic nitrogens is 4. The maximum absolute atomic E-state index is 12.7. The number of carbonyl (C=O) groups is 1. The van der Waals surface area contributed by atoms with Crippen LogP contribution >= 0.6 is 0 Å². The monoisotopic (exact) mass is 342 g/mol. The van der Waals surface area contributed by atoms with E-state index in [1.54, 1.807) is 0 Å². The Balaban J connectivity index is 1.44. The molecule has 2 aliphatic heterocycles. The van der Waals surface area contributed by atoms with Gasteiger partial charge in [-0.2, -0.15) is 5.10 Å². The number of hydrogen-bond donors (Lipinski definition) is 2. The van der Waals surface area contributed by atoms with E-state index in [1.807, 2.05) is 29.3 Å². The van der Waals surface area contributed by atoms with E-state index in [0.29, 0.717) is 12.6 Å². The van der Waals surface area contributed by atoms with E-state index < -0.39 is 0 Å². The van der Waals surface area contributed by atoms with Gasteiger partial charge in [0.05, 0.1) is 6.54 Å². The van der Waals surface area contributed by atoms with Crippen molar-refractivity contribution < 1.29 is 4.79 Å². The van der Waals surface area contributed by atoms with Crippen molar-refractivity contribution in [1.82, 2.24) is 30.0 Å². The SMILES string of the molecule is Cc1nc2n(n1)CC(NC(=O)c1ccc(C3CCCCN3)n1C)CC2.